The normalized spacial score (nSPS) is 20.0. The number of imidazole rings is 1. The molecule has 1 unspecified atom stereocenters. The van der Waals surface area contributed by atoms with Gasteiger partial charge in [0.25, 0.3) is 0 Å². The van der Waals surface area contributed by atoms with Crippen molar-refractivity contribution in [2.24, 2.45) is 5.92 Å². The standard InChI is InChI=1S/C15H19BrClN3O/c1-2-19-5-3-4-11(8-19)9-21-14-6-12(16)15(17)20-10-18-7-13(14)20/h6-7,10-11H,2-5,8-9H2,1H3. The number of likely N-dealkylation sites (tertiary alicyclic amines) is 1. The summed E-state index contributed by atoms with van der Waals surface area (Å²) in [6, 6.07) is 1.93. The van der Waals surface area contributed by atoms with Crippen molar-refractivity contribution in [1.29, 1.82) is 0 Å². The minimum atomic E-state index is 0.594. The van der Waals surface area contributed by atoms with E-state index in [0.29, 0.717) is 11.1 Å². The summed E-state index contributed by atoms with van der Waals surface area (Å²) >= 11 is 9.71. The first kappa shape index (κ1) is 15.1. The van der Waals surface area contributed by atoms with E-state index in [2.05, 4.69) is 32.7 Å². The summed E-state index contributed by atoms with van der Waals surface area (Å²) in [7, 11) is 0. The molecule has 1 atom stereocenters. The molecule has 0 radical (unpaired) electrons. The lowest BCUT2D eigenvalue weighted by Crippen LogP contribution is -2.37. The van der Waals surface area contributed by atoms with E-state index in [0.717, 1.165) is 35.4 Å². The second-order valence-electron chi connectivity index (χ2n) is 5.51. The zero-order valence-corrected chi connectivity index (χ0v) is 14.4. The van der Waals surface area contributed by atoms with E-state index in [1.807, 2.05) is 10.5 Å². The minimum absolute atomic E-state index is 0.594. The molecule has 1 saturated heterocycles. The van der Waals surface area contributed by atoms with Crippen LogP contribution in [0.5, 0.6) is 5.75 Å². The van der Waals surface area contributed by atoms with Gasteiger partial charge in [0.1, 0.15) is 22.7 Å². The quantitative estimate of drug-likeness (QED) is 0.763. The molecule has 6 heteroatoms. The first-order valence-electron chi connectivity index (χ1n) is 7.34. The van der Waals surface area contributed by atoms with Crippen LogP contribution in [0, 0.1) is 5.92 Å². The van der Waals surface area contributed by atoms with Crippen molar-refractivity contribution in [2.75, 3.05) is 26.2 Å². The minimum Gasteiger partial charge on any atom is -0.491 e. The summed E-state index contributed by atoms with van der Waals surface area (Å²) in [6.07, 6.45) is 5.98. The predicted molar refractivity (Wildman–Crippen MR) is 88.2 cm³/mol. The molecule has 0 saturated carbocycles. The maximum Gasteiger partial charge on any atom is 0.146 e. The van der Waals surface area contributed by atoms with Crippen LogP contribution >= 0.6 is 27.5 Å². The van der Waals surface area contributed by atoms with Crippen LogP contribution in [0.3, 0.4) is 0 Å². The highest BCUT2D eigenvalue weighted by Crippen LogP contribution is 2.32. The number of hydrogen-bond acceptors (Lipinski definition) is 3. The van der Waals surface area contributed by atoms with E-state index in [-0.39, 0.29) is 0 Å². The third kappa shape index (κ3) is 3.20. The van der Waals surface area contributed by atoms with Gasteiger partial charge in [0.15, 0.2) is 0 Å². The maximum absolute atomic E-state index is 6.24. The molecule has 0 bridgehead atoms. The van der Waals surface area contributed by atoms with E-state index >= 15 is 0 Å². The molecular formula is C15H19BrClN3O. The highest BCUT2D eigenvalue weighted by Gasteiger charge is 2.20. The van der Waals surface area contributed by atoms with Crippen molar-refractivity contribution in [2.45, 2.75) is 19.8 Å². The number of piperidine rings is 1. The molecule has 2 aromatic heterocycles. The van der Waals surface area contributed by atoms with Crippen LogP contribution in [0.25, 0.3) is 5.52 Å². The number of rotatable bonds is 4. The lowest BCUT2D eigenvalue weighted by molar-refractivity contribution is 0.135. The molecule has 0 spiro atoms. The van der Waals surface area contributed by atoms with Gasteiger partial charge in [-0.2, -0.15) is 0 Å². The monoisotopic (exact) mass is 371 g/mol. The number of fused-ring (bicyclic) bond motifs is 1. The molecule has 1 aliphatic heterocycles. The van der Waals surface area contributed by atoms with Gasteiger partial charge >= 0.3 is 0 Å². The van der Waals surface area contributed by atoms with Crippen molar-refractivity contribution >= 4 is 33.0 Å². The first-order chi connectivity index (χ1) is 10.2. The smallest absolute Gasteiger partial charge is 0.146 e. The summed E-state index contributed by atoms with van der Waals surface area (Å²) in [6.45, 7) is 6.42. The summed E-state index contributed by atoms with van der Waals surface area (Å²) in [4.78, 5) is 6.64. The summed E-state index contributed by atoms with van der Waals surface area (Å²) in [5.41, 5.74) is 0.909. The second kappa shape index (κ2) is 6.55. The van der Waals surface area contributed by atoms with Gasteiger partial charge in [0, 0.05) is 12.5 Å². The molecule has 3 rings (SSSR count). The Hall–Kier alpha value is -0.780. The number of ether oxygens (including phenoxy) is 1. The molecular weight excluding hydrogens is 354 g/mol. The summed E-state index contributed by atoms with van der Waals surface area (Å²) in [5, 5.41) is 0.615. The molecule has 0 amide bonds. The van der Waals surface area contributed by atoms with Crippen molar-refractivity contribution in [3.63, 3.8) is 0 Å². The number of hydrogen-bond donors (Lipinski definition) is 0. The Kier molecular flexibility index (Phi) is 4.72. The number of aromatic nitrogens is 2. The third-order valence-electron chi connectivity index (χ3n) is 4.08. The Balaban J connectivity index is 1.73. The van der Waals surface area contributed by atoms with Crippen LogP contribution in [-0.4, -0.2) is 40.5 Å². The molecule has 114 valence electrons. The Morgan fingerprint density at radius 3 is 3.19 bits per heavy atom. The van der Waals surface area contributed by atoms with E-state index < -0.39 is 0 Å². The van der Waals surface area contributed by atoms with E-state index in [1.54, 1.807) is 12.5 Å². The Labute approximate surface area is 138 Å². The van der Waals surface area contributed by atoms with E-state index in [9.17, 15) is 0 Å². The molecule has 21 heavy (non-hydrogen) atoms. The largest absolute Gasteiger partial charge is 0.491 e. The average Bonchev–Trinajstić information content (AvgIpc) is 2.99. The zero-order valence-electron chi connectivity index (χ0n) is 12.1. The van der Waals surface area contributed by atoms with Crippen molar-refractivity contribution < 1.29 is 4.74 Å². The van der Waals surface area contributed by atoms with Crippen molar-refractivity contribution in [1.82, 2.24) is 14.3 Å². The summed E-state index contributed by atoms with van der Waals surface area (Å²) in [5.74, 6) is 1.42. The average molecular weight is 373 g/mol. The zero-order chi connectivity index (χ0) is 14.8. The third-order valence-corrected chi connectivity index (χ3v) is 5.30. The number of pyridine rings is 1. The summed E-state index contributed by atoms with van der Waals surface area (Å²) < 4.78 is 8.73. The maximum atomic E-state index is 6.24. The number of nitrogens with zero attached hydrogens (tertiary/aromatic N) is 3. The van der Waals surface area contributed by atoms with Crippen LogP contribution in [0.2, 0.25) is 5.15 Å². The SMILES string of the molecule is CCN1CCCC(COc2cc(Br)c(Cl)n3cncc23)C1. The first-order valence-corrected chi connectivity index (χ1v) is 8.51. The van der Waals surface area contributed by atoms with Gasteiger partial charge in [0.2, 0.25) is 0 Å². The molecule has 1 aliphatic rings. The topological polar surface area (TPSA) is 29.8 Å². The van der Waals surface area contributed by atoms with E-state index in [1.165, 1.54) is 19.4 Å². The van der Waals surface area contributed by atoms with Gasteiger partial charge in [-0.25, -0.2) is 4.98 Å². The van der Waals surface area contributed by atoms with Gasteiger partial charge in [-0.05, 0) is 47.9 Å². The lowest BCUT2D eigenvalue weighted by atomic mass is 9.99. The highest BCUT2D eigenvalue weighted by atomic mass is 79.9. The van der Waals surface area contributed by atoms with Crippen LogP contribution < -0.4 is 4.74 Å². The van der Waals surface area contributed by atoms with Gasteiger partial charge in [-0.1, -0.05) is 18.5 Å². The molecule has 0 N–H and O–H groups in total. The molecule has 1 fully saturated rings. The highest BCUT2D eigenvalue weighted by molar-refractivity contribution is 9.10. The molecule has 0 aliphatic carbocycles. The van der Waals surface area contributed by atoms with E-state index in [4.69, 9.17) is 16.3 Å². The Morgan fingerprint density at radius 1 is 1.52 bits per heavy atom. The Bertz CT molecular complexity index is 631. The predicted octanol–water partition coefficient (Wildman–Crippen LogP) is 3.86. The van der Waals surface area contributed by atoms with Crippen molar-refractivity contribution in [3.05, 3.63) is 28.2 Å². The Morgan fingerprint density at radius 2 is 2.38 bits per heavy atom. The molecule has 2 aromatic rings. The van der Waals surface area contributed by atoms with Crippen LogP contribution in [0.1, 0.15) is 19.8 Å². The second-order valence-corrected chi connectivity index (χ2v) is 6.72. The number of halogens is 2. The van der Waals surface area contributed by atoms with Gasteiger partial charge in [0.05, 0.1) is 17.3 Å². The van der Waals surface area contributed by atoms with Crippen LogP contribution in [-0.2, 0) is 0 Å². The van der Waals surface area contributed by atoms with Crippen molar-refractivity contribution in [3.8, 4) is 5.75 Å². The van der Waals surface area contributed by atoms with Crippen LogP contribution in [0.15, 0.2) is 23.1 Å². The molecule has 0 aromatic carbocycles. The molecule has 3 heterocycles. The fourth-order valence-electron chi connectivity index (χ4n) is 2.90. The van der Waals surface area contributed by atoms with Crippen LogP contribution in [0.4, 0.5) is 0 Å². The molecule has 4 nitrogen and oxygen atoms in total. The fourth-order valence-corrected chi connectivity index (χ4v) is 3.48. The van der Waals surface area contributed by atoms with Gasteiger partial charge in [-0.15, -0.1) is 0 Å². The lowest BCUT2D eigenvalue weighted by Gasteiger charge is -2.31. The van der Waals surface area contributed by atoms with Gasteiger partial charge in [-0.3, -0.25) is 4.40 Å². The van der Waals surface area contributed by atoms with Gasteiger partial charge < -0.3 is 9.64 Å². The fraction of sp³-hybridized carbons (Fsp3) is 0.533.